The first kappa shape index (κ1) is 12.9. The molecule has 0 saturated carbocycles. The largest absolute Gasteiger partial charge is 0.382 e. The third kappa shape index (κ3) is 2.47. The molecule has 1 saturated heterocycles. The SMILES string of the molecule is CC1CC(C)C(C)N(c2ccc(C(=N)N)nc2)C1. The molecule has 1 aliphatic heterocycles. The number of hydrogen-bond acceptors (Lipinski definition) is 3. The topological polar surface area (TPSA) is 66.0 Å². The lowest BCUT2D eigenvalue weighted by atomic mass is 9.86. The van der Waals surface area contributed by atoms with Crippen LogP contribution in [0.15, 0.2) is 18.3 Å². The van der Waals surface area contributed by atoms with Crippen LogP contribution in [0.25, 0.3) is 0 Å². The summed E-state index contributed by atoms with van der Waals surface area (Å²) in [4.78, 5) is 6.66. The Kier molecular flexibility index (Phi) is 3.55. The minimum absolute atomic E-state index is 0.0231. The molecular weight excluding hydrogens is 224 g/mol. The molecule has 0 spiro atoms. The molecule has 4 nitrogen and oxygen atoms in total. The highest BCUT2D eigenvalue weighted by Crippen LogP contribution is 2.30. The van der Waals surface area contributed by atoms with Crippen molar-refractivity contribution in [2.75, 3.05) is 11.4 Å². The molecule has 4 heteroatoms. The highest BCUT2D eigenvalue weighted by molar-refractivity contribution is 5.93. The first-order valence-corrected chi connectivity index (χ1v) is 6.56. The highest BCUT2D eigenvalue weighted by Gasteiger charge is 2.28. The van der Waals surface area contributed by atoms with E-state index in [0.29, 0.717) is 23.6 Å². The van der Waals surface area contributed by atoms with E-state index in [0.717, 1.165) is 12.2 Å². The standard InChI is InChI=1S/C14H22N4/c1-9-6-10(2)11(3)18(8-9)12-4-5-13(14(15)16)17-7-12/h4-5,7,9-11H,6,8H2,1-3H3,(H3,15,16). The lowest BCUT2D eigenvalue weighted by Gasteiger charge is -2.42. The van der Waals surface area contributed by atoms with Gasteiger partial charge in [0.05, 0.1) is 11.9 Å². The molecular formula is C14H22N4. The summed E-state index contributed by atoms with van der Waals surface area (Å²) < 4.78 is 0. The molecule has 0 amide bonds. The fourth-order valence-electron chi connectivity index (χ4n) is 2.77. The van der Waals surface area contributed by atoms with Gasteiger partial charge in [0, 0.05) is 12.6 Å². The van der Waals surface area contributed by atoms with Crippen LogP contribution in [0.3, 0.4) is 0 Å². The molecule has 0 radical (unpaired) electrons. The van der Waals surface area contributed by atoms with Crippen molar-refractivity contribution in [1.29, 1.82) is 5.41 Å². The van der Waals surface area contributed by atoms with Gasteiger partial charge in [-0.25, -0.2) is 0 Å². The van der Waals surface area contributed by atoms with E-state index >= 15 is 0 Å². The summed E-state index contributed by atoms with van der Waals surface area (Å²) >= 11 is 0. The summed E-state index contributed by atoms with van der Waals surface area (Å²) in [5, 5.41) is 7.36. The number of amidine groups is 1. The van der Waals surface area contributed by atoms with E-state index in [1.54, 1.807) is 0 Å². The van der Waals surface area contributed by atoms with Crippen molar-refractivity contribution in [3.05, 3.63) is 24.0 Å². The van der Waals surface area contributed by atoms with Crippen LogP contribution >= 0.6 is 0 Å². The van der Waals surface area contributed by atoms with Gasteiger partial charge >= 0.3 is 0 Å². The van der Waals surface area contributed by atoms with Gasteiger partial charge < -0.3 is 10.6 Å². The van der Waals surface area contributed by atoms with E-state index in [4.69, 9.17) is 11.1 Å². The molecule has 3 atom stereocenters. The van der Waals surface area contributed by atoms with Gasteiger partial charge in [0.25, 0.3) is 0 Å². The Bertz CT molecular complexity index is 426. The van der Waals surface area contributed by atoms with Crippen LogP contribution in [0.4, 0.5) is 5.69 Å². The zero-order valence-electron chi connectivity index (χ0n) is 11.4. The molecule has 3 unspecified atom stereocenters. The Morgan fingerprint density at radius 2 is 2.11 bits per heavy atom. The minimum atomic E-state index is 0.0231. The Morgan fingerprint density at radius 3 is 2.67 bits per heavy atom. The first-order chi connectivity index (χ1) is 8.49. The predicted molar refractivity (Wildman–Crippen MR) is 75.0 cm³/mol. The van der Waals surface area contributed by atoms with Gasteiger partial charge in [0.2, 0.25) is 0 Å². The molecule has 98 valence electrons. The maximum absolute atomic E-state index is 7.36. The van der Waals surface area contributed by atoms with Crippen molar-refractivity contribution < 1.29 is 0 Å². The van der Waals surface area contributed by atoms with Crippen molar-refractivity contribution in [2.45, 2.75) is 33.2 Å². The van der Waals surface area contributed by atoms with Gasteiger partial charge in [0.15, 0.2) is 0 Å². The number of piperidine rings is 1. The van der Waals surface area contributed by atoms with Gasteiger partial charge in [-0.05, 0) is 37.3 Å². The minimum Gasteiger partial charge on any atom is -0.382 e. The molecule has 2 rings (SSSR count). The lowest BCUT2D eigenvalue weighted by Crippen LogP contribution is -2.45. The van der Waals surface area contributed by atoms with Crippen LogP contribution < -0.4 is 10.6 Å². The first-order valence-electron chi connectivity index (χ1n) is 6.56. The molecule has 0 aromatic carbocycles. The van der Waals surface area contributed by atoms with Crippen LogP contribution in [0, 0.1) is 17.2 Å². The van der Waals surface area contributed by atoms with Gasteiger partial charge in [-0.15, -0.1) is 0 Å². The molecule has 18 heavy (non-hydrogen) atoms. The Hall–Kier alpha value is -1.58. The van der Waals surface area contributed by atoms with E-state index in [9.17, 15) is 0 Å². The van der Waals surface area contributed by atoms with E-state index in [2.05, 4.69) is 30.7 Å². The van der Waals surface area contributed by atoms with Crippen LogP contribution in [-0.4, -0.2) is 23.4 Å². The van der Waals surface area contributed by atoms with Gasteiger partial charge in [-0.1, -0.05) is 13.8 Å². The third-order valence-corrected chi connectivity index (χ3v) is 3.95. The monoisotopic (exact) mass is 246 g/mol. The van der Waals surface area contributed by atoms with Gasteiger partial charge in [-0.3, -0.25) is 10.4 Å². The molecule has 1 fully saturated rings. The Labute approximate surface area is 109 Å². The fourth-order valence-corrected chi connectivity index (χ4v) is 2.77. The van der Waals surface area contributed by atoms with Crippen LogP contribution in [-0.2, 0) is 0 Å². The normalized spacial score (nSPS) is 28.2. The average Bonchev–Trinajstić information content (AvgIpc) is 2.34. The fraction of sp³-hybridized carbons (Fsp3) is 0.571. The molecule has 0 bridgehead atoms. The average molecular weight is 246 g/mol. The number of anilines is 1. The number of nitrogens with two attached hydrogens (primary N) is 1. The number of hydrogen-bond donors (Lipinski definition) is 2. The zero-order valence-corrected chi connectivity index (χ0v) is 11.4. The van der Waals surface area contributed by atoms with Crippen molar-refractivity contribution in [2.24, 2.45) is 17.6 Å². The Morgan fingerprint density at radius 1 is 1.39 bits per heavy atom. The zero-order chi connectivity index (χ0) is 13.3. The number of pyridine rings is 1. The van der Waals surface area contributed by atoms with Crippen LogP contribution in [0.5, 0.6) is 0 Å². The Balaban J connectivity index is 2.21. The van der Waals surface area contributed by atoms with Crippen LogP contribution in [0.1, 0.15) is 32.9 Å². The molecule has 1 aromatic heterocycles. The van der Waals surface area contributed by atoms with Crippen LogP contribution in [0.2, 0.25) is 0 Å². The number of nitrogens with zero attached hydrogens (tertiary/aromatic N) is 2. The number of rotatable bonds is 2. The third-order valence-electron chi connectivity index (χ3n) is 3.95. The molecule has 1 aliphatic rings. The van der Waals surface area contributed by atoms with Crippen molar-refractivity contribution in [1.82, 2.24) is 4.98 Å². The number of aromatic nitrogens is 1. The maximum Gasteiger partial charge on any atom is 0.141 e. The lowest BCUT2D eigenvalue weighted by molar-refractivity contribution is 0.297. The summed E-state index contributed by atoms with van der Waals surface area (Å²) in [7, 11) is 0. The van der Waals surface area contributed by atoms with E-state index in [1.807, 2.05) is 18.3 Å². The summed E-state index contributed by atoms with van der Waals surface area (Å²) in [6.45, 7) is 7.96. The quantitative estimate of drug-likeness (QED) is 0.621. The van der Waals surface area contributed by atoms with E-state index in [-0.39, 0.29) is 5.84 Å². The van der Waals surface area contributed by atoms with Crippen molar-refractivity contribution >= 4 is 11.5 Å². The molecule has 3 N–H and O–H groups in total. The summed E-state index contributed by atoms with van der Waals surface area (Å²) in [6, 6.07) is 4.38. The van der Waals surface area contributed by atoms with E-state index < -0.39 is 0 Å². The second-order valence-electron chi connectivity index (χ2n) is 5.53. The molecule has 0 aliphatic carbocycles. The predicted octanol–water partition coefficient (Wildman–Crippen LogP) is 2.24. The van der Waals surface area contributed by atoms with Gasteiger partial charge in [0.1, 0.15) is 11.5 Å². The smallest absolute Gasteiger partial charge is 0.141 e. The second-order valence-corrected chi connectivity index (χ2v) is 5.53. The van der Waals surface area contributed by atoms with E-state index in [1.165, 1.54) is 6.42 Å². The number of nitrogen functional groups attached to an aromatic ring is 1. The molecule has 1 aromatic rings. The second kappa shape index (κ2) is 4.96. The summed E-state index contributed by atoms with van der Waals surface area (Å²) in [5.41, 5.74) is 7.10. The van der Waals surface area contributed by atoms with Crippen molar-refractivity contribution in [3.63, 3.8) is 0 Å². The summed E-state index contributed by atoms with van der Waals surface area (Å²) in [6.07, 6.45) is 3.12. The van der Waals surface area contributed by atoms with Crippen molar-refractivity contribution in [3.8, 4) is 0 Å². The molecule has 2 heterocycles. The maximum atomic E-state index is 7.36. The number of nitrogens with one attached hydrogen (secondary N) is 1. The van der Waals surface area contributed by atoms with Gasteiger partial charge in [-0.2, -0.15) is 0 Å². The summed E-state index contributed by atoms with van der Waals surface area (Å²) in [5.74, 6) is 1.43. The highest BCUT2D eigenvalue weighted by atomic mass is 15.2.